The van der Waals surface area contributed by atoms with Crippen molar-refractivity contribution in [1.82, 2.24) is 0 Å². The summed E-state index contributed by atoms with van der Waals surface area (Å²) in [6, 6.07) is 4.13. The molecule has 2 nitrogen and oxygen atoms in total. The van der Waals surface area contributed by atoms with Crippen molar-refractivity contribution in [2.45, 2.75) is 56.7 Å². The molecule has 0 radical (unpaired) electrons. The van der Waals surface area contributed by atoms with E-state index in [0.717, 1.165) is 22.4 Å². The van der Waals surface area contributed by atoms with E-state index in [1.54, 1.807) is 0 Å². The number of alkyl halides is 1. The van der Waals surface area contributed by atoms with Crippen molar-refractivity contribution < 1.29 is 9.47 Å². The van der Waals surface area contributed by atoms with Crippen LogP contribution in [-0.2, 0) is 0 Å². The van der Waals surface area contributed by atoms with Crippen LogP contribution in [0.4, 0.5) is 0 Å². The zero-order valence-electron chi connectivity index (χ0n) is 12.7. The molecule has 0 saturated carbocycles. The quantitative estimate of drug-likeness (QED) is 0.358. The van der Waals surface area contributed by atoms with Gasteiger partial charge in [0, 0.05) is 9.30 Å². The van der Waals surface area contributed by atoms with E-state index < -0.39 is 0 Å². The van der Waals surface area contributed by atoms with Gasteiger partial charge in [0.2, 0.25) is 0 Å². The Balaban J connectivity index is 1.85. The smallest absolute Gasteiger partial charge is 0.162 e. The lowest BCUT2D eigenvalue weighted by Gasteiger charge is -2.21. The van der Waals surface area contributed by atoms with Crippen molar-refractivity contribution in [2.24, 2.45) is 0 Å². The van der Waals surface area contributed by atoms with Crippen LogP contribution in [0, 0.1) is 0 Å². The van der Waals surface area contributed by atoms with Crippen LogP contribution in [0.3, 0.4) is 0 Å². The first-order chi connectivity index (χ1) is 10.2. The highest BCUT2D eigenvalue weighted by Gasteiger charge is 2.18. The second kappa shape index (κ2) is 9.04. The molecule has 2 rings (SSSR count). The summed E-state index contributed by atoms with van der Waals surface area (Å²) in [6.07, 6.45) is 9.15. The lowest BCUT2D eigenvalue weighted by Crippen LogP contribution is -2.15. The Labute approximate surface area is 144 Å². The summed E-state index contributed by atoms with van der Waals surface area (Å²) in [5, 5.41) is 0. The molecule has 1 aliphatic heterocycles. The summed E-state index contributed by atoms with van der Waals surface area (Å²) >= 11 is 7.47. The average Bonchev–Trinajstić information content (AvgIpc) is 2.49. The summed E-state index contributed by atoms with van der Waals surface area (Å²) in [5.41, 5.74) is 1.26. The van der Waals surface area contributed by atoms with E-state index in [4.69, 9.17) is 9.47 Å². The highest BCUT2D eigenvalue weighted by atomic mass is 79.9. The molecule has 0 fully saturated rings. The molecule has 0 bridgehead atoms. The number of halogens is 2. The Morgan fingerprint density at radius 3 is 2.33 bits per heavy atom. The van der Waals surface area contributed by atoms with Gasteiger partial charge in [0.1, 0.15) is 13.2 Å². The third kappa shape index (κ3) is 5.17. The predicted octanol–water partition coefficient (Wildman–Crippen LogP) is 6.41. The second-order valence-electron chi connectivity index (χ2n) is 5.54. The standard InChI is InChI=1S/C17H24Br2O2/c1-2-3-4-5-6-7-8-14(18)13-11-16-17(12-15(13)19)21-10-9-20-16/h11-12,14H,2-10H2,1H3. The van der Waals surface area contributed by atoms with Gasteiger partial charge in [-0.2, -0.15) is 0 Å². The monoisotopic (exact) mass is 418 g/mol. The van der Waals surface area contributed by atoms with Gasteiger partial charge in [0.25, 0.3) is 0 Å². The van der Waals surface area contributed by atoms with Gasteiger partial charge in [0.15, 0.2) is 11.5 Å². The first kappa shape index (κ1) is 17.1. The average molecular weight is 420 g/mol. The van der Waals surface area contributed by atoms with Crippen LogP contribution in [0.1, 0.15) is 62.3 Å². The molecule has 4 heteroatoms. The Morgan fingerprint density at radius 1 is 1.00 bits per heavy atom. The number of rotatable bonds is 8. The fourth-order valence-corrected chi connectivity index (χ4v) is 4.19. The highest BCUT2D eigenvalue weighted by Crippen LogP contribution is 2.41. The van der Waals surface area contributed by atoms with Gasteiger partial charge in [-0.3, -0.25) is 0 Å². The number of benzene rings is 1. The van der Waals surface area contributed by atoms with Gasteiger partial charge in [-0.15, -0.1) is 0 Å². The molecule has 0 spiro atoms. The van der Waals surface area contributed by atoms with E-state index in [1.807, 2.05) is 6.07 Å². The Kier molecular flexibility index (Phi) is 7.38. The summed E-state index contributed by atoms with van der Waals surface area (Å²) < 4.78 is 12.4. The summed E-state index contributed by atoms with van der Waals surface area (Å²) in [5.74, 6) is 1.71. The number of fused-ring (bicyclic) bond motifs is 1. The van der Waals surface area contributed by atoms with Crippen LogP contribution in [0.2, 0.25) is 0 Å². The third-order valence-electron chi connectivity index (χ3n) is 3.81. The highest BCUT2D eigenvalue weighted by molar-refractivity contribution is 9.11. The van der Waals surface area contributed by atoms with E-state index in [9.17, 15) is 0 Å². The van der Waals surface area contributed by atoms with Gasteiger partial charge >= 0.3 is 0 Å². The molecule has 21 heavy (non-hydrogen) atoms. The summed E-state index contributed by atoms with van der Waals surface area (Å²) in [6.45, 7) is 3.53. The molecule has 1 heterocycles. The normalized spacial score (nSPS) is 15.0. The van der Waals surface area contributed by atoms with Gasteiger partial charge < -0.3 is 9.47 Å². The van der Waals surface area contributed by atoms with Crippen LogP contribution in [0.5, 0.6) is 11.5 Å². The van der Waals surface area contributed by atoms with Crippen LogP contribution in [0.25, 0.3) is 0 Å². The van der Waals surface area contributed by atoms with Crippen molar-refractivity contribution in [3.63, 3.8) is 0 Å². The maximum absolute atomic E-state index is 5.67. The zero-order valence-corrected chi connectivity index (χ0v) is 15.8. The molecule has 1 atom stereocenters. The van der Waals surface area contributed by atoms with Crippen LogP contribution >= 0.6 is 31.9 Å². The van der Waals surface area contributed by atoms with Crippen molar-refractivity contribution in [1.29, 1.82) is 0 Å². The first-order valence-electron chi connectivity index (χ1n) is 7.95. The topological polar surface area (TPSA) is 18.5 Å². The summed E-state index contributed by atoms with van der Waals surface area (Å²) in [7, 11) is 0. The molecule has 0 amide bonds. The Hall–Kier alpha value is -0.220. The second-order valence-corrected chi connectivity index (χ2v) is 7.50. The predicted molar refractivity (Wildman–Crippen MR) is 94.8 cm³/mol. The fraction of sp³-hybridized carbons (Fsp3) is 0.647. The third-order valence-corrected chi connectivity index (χ3v) is 5.45. The van der Waals surface area contributed by atoms with E-state index in [0.29, 0.717) is 18.0 Å². The Morgan fingerprint density at radius 2 is 1.62 bits per heavy atom. The van der Waals surface area contributed by atoms with Crippen molar-refractivity contribution >= 4 is 31.9 Å². The van der Waals surface area contributed by atoms with Crippen LogP contribution in [-0.4, -0.2) is 13.2 Å². The lowest BCUT2D eigenvalue weighted by molar-refractivity contribution is 0.171. The minimum atomic E-state index is 0.369. The number of hydrogen-bond donors (Lipinski definition) is 0. The fourth-order valence-electron chi connectivity index (χ4n) is 2.58. The number of unbranched alkanes of at least 4 members (excludes halogenated alkanes) is 5. The molecule has 1 unspecified atom stereocenters. The molecule has 0 N–H and O–H groups in total. The molecule has 0 aromatic heterocycles. The molecule has 1 aromatic rings. The van der Waals surface area contributed by atoms with Gasteiger partial charge in [0.05, 0.1) is 0 Å². The molecule has 0 aliphatic carbocycles. The van der Waals surface area contributed by atoms with Crippen molar-refractivity contribution in [3.05, 3.63) is 22.2 Å². The number of ether oxygens (including phenoxy) is 2. The van der Waals surface area contributed by atoms with Gasteiger partial charge in [-0.05, 0) is 24.1 Å². The molecular weight excluding hydrogens is 396 g/mol. The Bertz CT molecular complexity index is 449. The lowest BCUT2D eigenvalue weighted by atomic mass is 10.0. The summed E-state index contributed by atoms with van der Waals surface area (Å²) in [4.78, 5) is 0.369. The molecular formula is C17H24Br2O2. The maximum atomic E-state index is 5.67. The van der Waals surface area contributed by atoms with Gasteiger partial charge in [-0.1, -0.05) is 77.3 Å². The van der Waals surface area contributed by atoms with Crippen LogP contribution in [0.15, 0.2) is 16.6 Å². The first-order valence-corrected chi connectivity index (χ1v) is 9.66. The molecule has 118 valence electrons. The van der Waals surface area contributed by atoms with Crippen molar-refractivity contribution in [3.8, 4) is 11.5 Å². The van der Waals surface area contributed by atoms with E-state index in [-0.39, 0.29) is 0 Å². The van der Waals surface area contributed by atoms with E-state index in [1.165, 1.54) is 44.1 Å². The molecule has 1 aliphatic rings. The van der Waals surface area contributed by atoms with Crippen LogP contribution < -0.4 is 9.47 Å². The number of hydrogen-bond acceptors (Lipinski definition) is 2. The van der Waals surface area contributed by atoms with E-state index in [2.05, 4.69) is 44.8 Å². The van der Waals surface area contributed by atoms with Gasteiger partial charge in [-0.25, -0.2) is 0 Å². The molecule has 1 aromatic carbocycles. The van der Waals surface area contributed by atoms with E-state index >= 15 is 0 Å². The maximum Gasteiger partial charge on any atom is 0.162 e. The van der Waals surface area contributed by atoms with Crippen molar-refractivity contribution in [2.75, 3.05) is 13.2 Å². The SMILES string of the molecule is CCCCCCCCC(Br)c1cc2c(cc1Br)OCCO2. The zero-order chi connectivity index (χ0) is 15.1. The largest absolute Gasteiger partial charge is 0.486 e. The minimum absolute atomic E-state index is 0.369. The molecule has 0 saturated heterocycles. The minimum Gasteiger partial charge on any atom is -0.486 e.